The molecule has 0 aromatic carbocycles. The first-order chi connectivity index (χ1) is 10.7. The molecule has 0 atom stereocenters. The van der Waals surface area contributed by atoms with Crippen LogP contribution >= 0.6 is 0 Å². The Morgan fingerprint density at radius 2 is 2.09 bits per heavy atom. The second-order valence-electron chi connectivity index (χ2n) is 5.36. The number of terminal acetylenes is 1. The first-order valence-electron chi connectivity index (χ1n) is 7.41. The van der Waals surface area contributed by atoms with E-state index in [4.69, 9.17) is 6.42 Å². The molecular formula is C16H21N5O. The lowest BCUT2D eigenvalue weighted by Gasteiger charge is -2.18. The van der Waals surface area contributed by atoms with E-state index in [0.29, 0.717) is 25.9 Å². The monoisotopic (exact) mass is 299 g/mol. The maximum absolute atomic E-state index is 11.9. The smallest absolute Gasteiger partial charge is 0.221 e. The number of carbonyl (C=O) groups excluding carboxylic acids is 1. The molecule has 0 bridgehead atoms. The van der Waals surface area contributed by atoms with Gasteiger partial charge in [-0.05, 0) is 12.1 Å². The van der Waals surface area contributed by atoms with Gasteiger partial charge in [-0.3, -0.25) is 9.78 Å². The molecule has 6 heteroatoms. The maximum Gasteiger partial charge on any atom is 0.221 e. The molecule has 0 unspecified atom stereocenters. The van der Waals surface area contributed by atoms with E-state index in [1.807, 2.05) is 24.1 Å². The third kappa shape index (κ3) is 4.85. The highest BCUT2D eigenvalue weighted by Gasteiger charge is 2.38. The van der Waals surface area contributed by atoms with Crippen molar-refractivity contribution in [1.29, 1.82) is 0 Å². The summed E-state index contributed by atoms with van der Waals surface area (Å²) in [6, 6.07) is 3.84. The minimum atomic E-state index is -0.326. The van der Waals surface area contributed by atoms with E-state index in [1.54, 1.807) is 12.4 Å². The van der Waals surface area contributed by atoms with Crippen molar-refractivity contribution in [2.75, 3.05) is 25.0 Å². The van der Waals surface area contributed by atoms with Gasteiger partial charge in [-0.15, -0.1) is 12.3 Å². The number of nitrogens with one attached hydrogen (secondary N) is 1. The fourth-order valence-corrected chi connectivity index (χ4v) is 2.16. The summed E-state index contributed by atoms with van der Waals surface area (Å²) in [5.74, 6) is 2.63. The number of carbonyl (C=O) groups is 1. The van der Waals surface area contributed by atoms with Gasteiger partial charge >= 0.3 is 0 Å². The van der Waals surface area contributed by atoms with Gasteiger partial charge in [0.1, 0.15) is 0 Å². The minimum absolute atomic E-state index is 0.0358. The van der Waals surface area contributed by atoms with Gasteiger partial charge in [-0.2, -0.15) is 10.2 Å². The van der Waals surface area contributed by atoms with Crippen molar-refractivity contribution in [2.45, 2.75) is 31.3 Å². The quantitative estimate of drug-likeness (QED) is 0.709. The summed E-state index contributed by atoms with van der Waals surface area (Å²) >= 11 is 0. The number of anilines is 1. The summed E-state index contributed by atoms with van der Waals surface area (Å²) in [7, 11) is 1.96. The highest BCUT2D eigenvalue weighted by molar-refractivity contribution is 5.76. The van der Waals surface area contributed by atoms with Gasteiger partial charge in [0.15, 0.2) is 5.66 Å². The summed E-state index contributed by atoms with van der Waals surface area (Å²) in [5.41, 5.74) is 0.722. The van der Waals surface area contributed by atoms with Crippen LogP contribution < -0.4 is 10.2 Å². The molecule has 116 valence electrons. The summed E-state index contributed by atoms with van der Waals surface area (Å²) in [4.78, 5) is 17.9. The van der Waals surface area contributed by atoms with Crippen molar-refractivity contribution < 1.29 is 4.79 Å². The van der Waals surface area contributed by atoms with Gasteiger partial charge in [-0.1, -0.05) is 0 Å². The molecule has 0 saturated carbocycles. The molecule has 0 fully saturated rings. The van der Waals surface area contributed by atoms with Gasteiger partial charge in [0.25, 0.3) is 0 Å². The maximum atomic E-state index is 11.9. The van der Waals surface area contributed by atoms with Gasteiger partial charge in [0, 0.05) is 63.9 Å². The van der Waals surface area contributed by atoms with E-state index in [1.165, 1.54) is 0 Å². The van der Waals surface area contributed by atoms with Crippen LogP contribution in [0.5, 0.6) is 0 Å². The standard InChI is InChI=1S/C16H21N5O/c1-3-4-8-16(19-20-16)9-12-18-15(22)7-13-21(2)14-5-10-17-11-6-14/h1,5-6,10-11H,4,7-9,12-13H2,2H3,(H,18,22). The van der Waals surface area contributed by atoms with Crippen LogP contribution in [0.3, 0.4) is 0 Å². The molecule has 0 radical (unpaired) electrons. The highest BCUT2D eigenvalue weighted by atomic mass is 16.1. The van der Waals surface area contributed by atoms with Crippen LogP contribution in [0.1, 0.15) is 25.7 Å². The van der Waals surface area contributed by atoms with Gasteiger partial charge in [0.05, 0.1) is 0 Å². The number of amides is 1. The molecule has 2 heterocycles. The van der Waals surface area contributed by atoms with E-state index in [2.05, 4.69) is 26.4 Å². The topological polar surface area (TPSA) is 70.0 Å². The first kappa shape index (κ1) is 16.0. The van der Waals surface area contributed by atoms with Crippen molar-refractivity contribution in [3.8, 4) is 12.3 Å². The molecule has 0 aliphatic carbocycles. The van der Waals surface area contributed by atoms with Gasteiger partial charge in [-0.25, -0.2) is 0 Å². The molecule has 1 N–H and O–H groups in total. The van der Waals surface area contributed by atoms with Crippen molar-refractivity contribution in [3.05, 3.63) is 24.5 Å². The number of nitrogens with zero attached hydrogens (tertiary/aromatic N) is 4. The molecule has 1 amide bonds. The SMILES string of the molecule is C#CCCC1(CCNC(=O)CCN(C)c2ccncc2)N=N1. The van der Waals surface area contributed by atoms with Crippen LogP contribution in [0.15, 0.2) is 34.8 Å². The molecule has 1 aliphatic heterocycles. The number of pyridine rings is 1. The van der Waals surface area contributed by atoms with E-state index >= 15 is 0 Å². The Balaban J connectivity index is 1.61. The molecular weight excluding hydrogens is 278 g/mol. The third-order valence-corrected chi connectivity index (χ3v) is 3.68. The van der Waals surface area contributed by atoms with Crippen LogP contribution in [0.25, 0.3) is 0 Å². The third-order valence-electron chi connectivity index (χ3n) is 3.68. The molecule has 6 nitrogen and oxygen atoms in total. The average Bonchev–Trinajstić information content (AvgIpc) is 3.31. The molecule has 1 aromatic rings. The van der Waals surface area contributed by atoms with Gasteiger partial charge in [0.2, 0.25) is 5.91 Å². The van der Waals surface area contributed by atoms with Crippen LogP contribution in [-0.2, 0) is 4.79 Å². The predicted molar refractivity (Wildman–Crippen MR) is 85.4 cm³/mol. The number of rotatable bonds is 9. The molecule has 2 rings (SSSR count). The molecule has 0 spiro atoms. The Hall–Kier alpha value is -2.42. The molecule has 1 aliphatic rings. The zero-order valence-corrected chi connectivity index (χ0v) is 12.8. The van der Waals surface area contributed by atoms with E-state index in [0.717, 1.165) is 18.5 Å². The van der Waals surface area contributed by atoms with Crippen molar-refractivity contribution >= 4 is 11.6 Å². The number of aromatic nitrogens is 1. The lowest BCUT2D eigenvalue weighted by atomic mass is 10.0. The Morgan fingerprint density at radius 1 is 1.36 bits per heavy atom. The van der Waals surface area contributed by atoms with Crippen LogP contribution in [0.4, 0.5) is 5.69 Å². The summed E-state index contributed by atoms with van der Waals surface area (Å²) < 4.78 is 0. The zero-order chi connectivity index (χ0) is 15.8. The van der Waals surface area contributed by atoms with Crippen molar-refractivity contribution in [2.24, 2.45) is 10.2 Å². The Bertz CT molecular complexity index is 558. The minimum Gasteiger partial charge on any atom is -0.374 e. The first-order valence-corrected chi connectivity index (χ1v) is 7.41. The summed E-state index contributed by atoms with van der Waals surface area (Å²) in [6.45, 7) is 1.24. The fourth-order valence-electron chi connectivity index (χ4n) is 2.16. The molecule has 1 aromatic heterocycles. The number of hydrogen-bond acceptors (Lipinski definition) is 5. The largest absolute Gasteiger partial charge is 0.374 e. The lowest BCUT2D eigenvalue weighted by molar-refractivity contribution is -0.120. The van der Waals surface area contributed by atoms with Crippen molar-refractivity contribution in [3.63, 3.8) is 0 Å². The Morgan fingerprint density at radius 3 is 2.73 bits per heavy atom. The number of hydrogen-bond donors (Lipinski definition) is 1. The molecule has 0 saturated heterocycles. The van der Waals surface area contributed by atoms with E-state index in [-0.39, 0.29) is 11.6 Å². The Kier molecular flexibility index (Phi) is 5.48. The highest BCUT2D eigenvalue weighted by Crippen LogP contribution is 2.35. The summed E-state index contributed by atoms with van der Waals surface area (Å²) in [6.07, 6.45) is 11.3. The second-order valence-corrected chi connectivity index (χ2v) is 5.36. The van der Waals surface area contributed by atoms with Gasteiger partial charge < -0.3 is 10.2 Å². The fraction of sp³-hybridized carbons (Fsp3) is 0.500. The lowest BCUT2D eigenvalue weighted by Crippen LogP contribution is -2.31. The van der Waals surface area contributed by atoms with E-state index < -0.39 is 0 Å². The summed E-state index contributed by atoms with van der Waals surface area (Å²) in [5, 5.41) is 11.0. The van der Waals surface area contributed by atoms with E-state index in [9.17, 15) is 4.79 Å². The van der Waals surface area contributed by atoms with Crippen LogP contribution in [0, 0.1) is 12.3 Å². The van der Waals surface area contributed by atoms with Crippen LogP contribution in [-0.4, -0.2) is 36.7 Å². The molecule has 22 heavy (non-hydrogen) atoms. The normalized spacial score (nSPS) is 14.2. The van der Waals surface area contributed by atoms with Crippen molar-refractivity contribution in [1.82, 2.24) is 10.3 Å². The average molecular weight is 299 g/mol. The van der Waals surface area contributed by atoms with Crippen LogP contribution in [0.2, 0.25) is 0 Å². The second kappa shape index (κ2) is 7.55. The predicted octanol–water partition coefficient (Wildman–Crippen LogP) is 1.99. The Labute approximate surface area is 131 Å². The zero-order valence-electron chi connectivity index (χ0n) is 12.8.